The largest absolute Gasteiger partial charge is 3.00 e. The van der Waals surface area contributed by atoms with Gasteiger partial charge in [0.25, 0.3) is 0 Å². The van der Waals surface area contributed by atoms with Crippen LogP contribution in [0.3, 0.4) is 0 Å². The Bertz CT molecular complexity index is 835. The second-order valence-electron chi connectivity index (χ2n) is 11.6. The van der Waals surface area contributed by atoms with Gasteiger partial charge in [-0.15, -0.1) is 0 Å². The van der Waals surface area contributed by atoms with Crippen LogP contribution in [0.5, 0.6) is 0 Å². The third-order valence-corrected chi connectivity index (χ3v) is 6.84. The number of esters is 1. The summed E-state index contributed by atoms with van der Waals surface area (Å²) in [6.07, 6.45) is 8.89. The Morgan fingerprint density at radius 2 is 0.673 bits per heavy atom. The van der Waals surface area contributed by atoms with Crippen LogP contribution in [0.15, 0.2) is 0 Å². The zero-order valence-corrected chi connectivity index (χ0v) is 32.4. The molecule has 0 N–H and O–H groups in total. The van der Waals surface area contributed by atoms with Crippen molar-refractivity contribution in [2.24, 2.45) is 17.8 Å². The SMILES string of the molecule is CCCC(CCC)C(=O)CC(=O)[O-].CCCC(CCC)C(=O)CC(=O)[O-].CCCC(CCC)C(=O)CC(=O)[O-].CCOC(=O)CC(C)=O.[Al+3]. The second-order valence-corrected chi connectivity index (χ2v) is 11.6. The van der Waals surface area contributed by atoms with Crippen LogP contribution in [0, 0.1) is 17.8 Å². The molecule has 0 bridgehead atoms. The van der Waals surface area contributed by atoms with Crippen molar-refractivity contribution in [2.45, 2.75) is 158 Å². The van der Waals surface area contributed by atoms with Crippen LogP contribution in [0.2, 0.25) is 0 Å². The molecule has 0 heterocycles. The maximum atomic E-state index is 11.3. The van der Waals surface area contributed by atoms with Gasteiger partial charge in [-0.05, 0) is 52.4 Å². The van der Waals surface area contributed by atoms with Crippen LogP contribution in [-0.4, -0.2) is 71.0 Å². The number of hydrogen-bond acceptors (Lipinski definition) is 12. The van der Waals surface area contributed by atoms with Gasteiger partial charge in [-0.3, -0.25) is 24.0 Å². The number of ketones is 4. The standard InChI is InChI=1S/3C10H18O3.C6H10O3.Al/c3*1-3-5-8(6-4-2)9(11)7-10(12)13;1-3-9-6(8)4-5(2)7;/h3*8H,3-7H2,1-2H3,(H,12,13);3-4H2,1-2H3;/q;;;;+3/p-3. The van der Waals surface area contributed by atoms with Crippen molar-refractivity contribution in [3.05, 3.63) is 0 Å². The molecule has 0 aliphatic heterocycles. The molecule has 0 aliphatic rings. The van der Waals surface area contributed by atoms with Crippen LogP contribution in [-0.2, 0) is 43.1 Å². The Morgan fingerprint density at radius 1 is 0.449 bits per heavy atom. The van der Waals surface area contributed by atoms with Gasteiger partial charge in [0.15, 0.2) is 0 Å². The quantitative estimate of drug-likeness (QED) is 0.0802. The number of carbonyl (C=O) groups is 8. The Balaban J connectivity index is -0.000000176. The summed E-state index contributed by atoms with van der Waals surface area (Å²) in [4.78, 5) is 85.1. The molecule has 0 amide bonds. The molecule has 0 atom stereocenters. The molecule has 0 fully saturated rings. The smallest absolute Gasteiger partial charge is 0.550 e. The van der Waals surface area contributed by atoms with E-state index in [1.165, 1.54) is 6.92 Å². The molecule has 280 valence electrons. The number of carboxylic acid groups (broad SMARTS) is 3. The minimum absolute atomic E-state index is 0. The number of carboxylic acids is 3. The fourth-order valence-electron chi connectivity index (χ4n) is 4.76. The zero-order chi connectivity index (χ0) is 38.1. The summed E-state index contributed by atoms with van der Waals surface area (Å²) in [6.45, 7) is 15.4. The third kappa shape index (κ3) is 39.4. The van der Waals surface area contributed by atoms with Crippen LogP contribution in [0.1, 0.15) is 158 Å². The average molecular weight is 713 g/mol. The van der Waals surface area contributed by atoms with Crippen molar-refractivity contribution in [3.63, 3.8) is 0 Å². The Morgan fingerprint density at radius 3 is 0.816 bits per heavy atom. The first-order valence-corrected chi connectivity index (χ1v) is 17.3. The number of ether oxygens (including phenoxy) is 1. The average Bonchev–Trinajstić information content (AvgIpc) is 2.96. The first kappa shape index (κ1) is 55.5. The van der Waals surface area contributed by atoms with E-state index in [9.17, 15) is 53.7 Å². The first-order chi connectivity index (χ1) is 22.5. The van der Waals surface area contributed by atoms with Crippen molar-refractivity contribution < 1.29 is 58.4 Å². The Kier molecular flexibility index (Phi) is 42.9. The molecule has 0 unspecified atom stereocenters. The summed E-state index contributed by atoms with van der Waals surface area (Å²) in [5, 5.41) is 30.6. The number of hydrogen-bond donors (Lipinski definition) is 0. The maximum Gasteiger partial charge on any atom is 3.00 e. The van der Waals surface area contributed by atoms with E-state index in [1.807, 2.05) is 41.5 Å². The Hall–Kier alpha value is -2.91. The molecule has 0 spiro atoms. The molecule has 0 radical (unpaired) electrons. The topological polar surface area (TPSA) is 215 Å². The van der Waals surface area contributed by atoms with Crippen LogP contribution >= 0.6 is 0 Å². The van der Waals surface area contributed by atoms with Gasteiger partial charge >= 0.3 is 23.3 Å². The number of aliphatic carboxylic acids is 3. The summed E-state index contributed by atoms with van der Waals surface area (Å²) in [6, 6.07) is 0. The van der Waals surface area contributed by atoms with Crippen molar-refractivity contribution in [3.8, 4) is 0 Å². The van der Waals surface area contributed by atoms with Crippen LogP contribution in [0.25, 0.3) is 0 Å². The molecule has 0 saturated heterocycles. The van der Waals surface area contributed by atoms with E-state index in [1.54, 1.807) is 6.92 Å². The van der Waals surface area contributed by atoms with Crippen molar-refractivity contribution in [1.82, 2.24) is 0 Å². The molecule has 0 aromatic rings. The van der Waals surface area contributed by atoms with E-state index in [0.717, 1.165) is 77.0 Å². The van der Waals surface area contributed by atoms with E-state index in [4.69, 9.17) is 0 Å². The molecule has 0 aromatic heterocycles. The molecule has 0 aromatic carbocycles. The van der Waals surface area contributed by atoms with Crippen LogP contribution < -0.4 is 15.3 Å². The van der Waals surface area contributed by atoms with Gasteiger partial charge in [0.1, 0.15) is 29.6 Å². The van der Waals surface area contributed by atoms with Gasteiger partial charge < -0.3 is 34.4 Å². The van der Waals surface area contributed by atoms with Gasteiger partial charge in [0.05, 0.1) is 6.61 Å². The summed E-state index contributed by atoms with van der Waals surface area (Å²) in [5.74, 6) is -5.14. The number of Topliss-reactive ketones (excluding diaryl/α,β-unsaturated/α-hetero) is 4. The number of rotatable bonds is 24. The number of carbonyl (C=O) groups excluding carboxylic acids is 8. The Labute approximate surface area is 304 Å². The first-order valence-electron chi connectivity index (χ1n) is 17.3. The fraction of sp³-hybridized carbons (Fsp3) is 0.778. The van der Waals surface area contributed by atoms with Crippen molar-refractivity contribution in [2.75, 3.05) is 6.61 Å². The summed E-state index contributed by atoms with van der Waals surface area (Å²) >= 11 is 0. The summed E-state index contributed by atoms with van der Waals surface area (Å²) in [5.41, 5.74) is 0. The predicted molar refractivity (Wildman–Crippen MR) is 181 cm³/mol. The van der Waals surface area contributed by atoms with E-state index >= 15 is 0 Å². The monoisotopic (exact) mass is 712 g/mol. The van der Waals surface area contributed by atoms with Gasteiger partial charge in [-0.1, -0.05) is 80.1 Å². The molecule has 0 rings (SSSR count). The van der Waals surface area contributed by atoms with Crippen molar-refractivity contribution >= 4 is 64.4 Å². The van der Waals surface area contributed by atoms with Gasteiger partial charge in [-0.2, -0.15) is 0 Å². The van der Waals surface area contributed by atoms with E-state index < -0.39 is 43.1 Å². The zero-order valence-electron chi connectivity index (χ0n) is 31.2. The molecule has 12 nitrogen and oxygen atoms in total. The molecular formula is C36H61AlO12. The van der Waals surface area contributed by atoms with Crippen LogP contribution in [0.4, 0.5) is 0 Å². The minimum Gasteiger partial charge on any atom is -0.550 e. The van der Waals surface area contributed by atoms with E-state index in [-0.39, 0.29) is 64.7 Å². The molecule has 0 saturated carbocycles. The normalized spacial score (nSPS) is 9.86. The molecule has 0 aliphatic carbocycles. The van der Waals surface area contributed by atoms with Gasteiger partial charge in [-0.25, -0.2) is 0 Å². The molecule has 13 heteroatoms. The van der Waals surface area contributed by atoms with E-state index in [2.05, 4.69) is 4.74 Å². The molecule has 49 heavy (non-hydrogen) atoms. The minimum atomic E-state index is -1.26. The third-order valence-electron chi connectivity index (χ3n) is 6.84. The van der Waals surface area contributed by atoms with Gasteiger partial charge in [0.2, 0.25) is 0 Å². The van der Waals surface area contributed by atoms with Gasteiger partial charge in [0, 0.05) is 54.9 Å². The van der Waals surface area contributed by atoms with E-state index in [0.29, 0.717) is 6.61 Å². The summed E-state index contributed by atoms with van der Waals surface area (Å²) < 4.78 is 4.49. The molecular weight excluding hydrogens is 651 g/mol. The predicted octanol–water partition coefficient (Wildman–Crippen LogP) is 2.88. The second kappa shape index (κ2) is 37.9. The summed E-state index contributed by atoms with van der Waals surface area (Å²) in [7, 11) is 0. The fourth-order valence-corrected chi connectivity index (χ4v) is 4.76. The maximum absolute atomic E-state index is 11.3. The van der Waals surface area contributed by atoms with Crippen molar-refractivity contribution in [1.29, 1.82) is 0 Å².